The molecule has 0 saturated carbocycles. The fourth-order valence-corrected chi connectivity index (χ4v) is 8.27. The first-order valence-electron chi connectivity index (χ1n) is 19.9. The molecule has 0 unspecified atom stereocenters. The van der Waals surface area contributed by atoms with E-state index in [2.05, 4.69) is 105 Å². The van der Waals surface area contributed by atoms with Crippen LogP contribution in [0.4, 0.5) is 0 Å². The van der Waals surface area contributed by atoms with Gasteiger partial charge >= 0.3 is 0 Å². The molecule has 3 aromatic heterocycles. The largest absolute Gasteiger partial charge is 0.507 e. The summed E-state index contributed by atoms with van der Waals surface area (Å²) in [6.07, 6.45) is 0. The zero-order valence-electron chi connectivity index (χ0n) is 34.6. The normalized spacial score (nSPS) is 11.8. The molecular weight excluding hydrogens is 896 g/mol. The van der Waals surface area contributed by atoms with Crippen molar-refractivity contribution in [2.75, 3.05) is 0 Å². The van der Waals surface area contributed by atoms with Crippen molar-refractivity contribution in [3.63, 3.8) is 0 Å². The molecule has 8 rings (SSSR count). The third kappa shape index (κ3) is 7.49. The van der Waals surface area contributed by atoms with Crippen LogP contribution in [0.25, 0.3) is 78.1 Å². The number of aromatic hydroxyl groups is 2. The van der Waals surface area contributed by atoms with Crippen LogP contribution >= 0.6 is 0 Å². The van der Waals surface area contributed by atoms with Crippen molar-refractivity contribution in [3.05, 3.63) is 143 Å². The number of benzene rings is 5. The molecule has 0 aliphatic rings. The van der Waals surface area contributed by atoms with Gasteiger partial charge in [0.2, 0.25) is 0 Å². The SMILES string of the molecule is Cc1cc(C(C)(C)C)cc(C)c1-c1ccc(O)c(-c2cccc(-c3cc(-c4c(C(C)C)cccc4C(C)C)cc(-c4cc5oc6ccccc6c5cc4O)n3)n2)c1.[Pt]. The van der Waals surface area contributed by atoms with E-state index >= 15 is 0 Å². The Kier molecular flexibility index (Phi) is 11.0. The molecule has 2 N–H and O–H groups in total. The third-order valence-electron chi connectivity index (χ3n) is 11.2. The van der Waals surface area contributed by atoms with E-state index in [9.17, 15) is 10.2 Å². The number of furan rings is 1. The minimum atomic E-state index is 0. The Morgan fingerprint density at radius 1 is 0.517 bits per heavy atom. The molecule has 5 aromatic carbocycles. The monoisotopic (exact) mass is 945 g/mol. The summed E-state index contributed by atoms with van der Waals surface area (Å²) in [5.74, 6) is 0.819. The molecule has 5 nitrogen and oxygen atoms in total. The maximum absolute atomic E-state index is 11.7. The van der Waals surface area contributed by atoms with Crippen molar-refractivity contribution in [1.29, 1.82) is 0 Å². The average molecular weight is 946 g/mol. The van der Waals surface area contributed by atoms with Crippen LogP contribution in [0.2, 0.25) is 0 Å². The second kappa shape index (κ2) is 15.7. The Bertz CT molecular complexity index is 2790. The van der Waals surface area contributed by atoms with Gasteiger partial charge in [-0.1, -0.05) is 109 Å². The van der Waals surface area contributed by atoms with Crippen LogP contribution in [-0.2, 0) is 26.5 Å². The summed E-state index contributed by atoms with van der Waals surface area (Å²) in [4.78, 5) is 10.4. The average Bonchev–Trinajstić information content (AvgIpc) is 3.54. The number of pyridine rings is 2. The molecule has 296 valence electrons. The van der Waals surface area contributed by atoms with Gasteiger partial charge in [-0.25, -0.2) is 9.97 Å². The molecule has 0 amide bonds. The van der Waals surface area contributed by atoms with Gasteiger partial charge in [-0.3, -0.25) is 0 Å². The molecule has 3 heterocycles. The van der Waals surface area contributed by atoms with Crippen molar-refractivity contribution >= 4 is 21.9 Å². The van der Waals surface area contributed by atoms with E-state index in [-0.39, 0.29) is 49.8 Å². The van der Waals surface area contributed by atoms with Crippen LogP contribution in [0.15, 0.2) is 120 Å². The third-order valence-corrected chi connectivity index (χ3v) is 11.2. The van der Waals surface area contributed by atoms with Crippen LogP contribution in [0.1, 0.15) is 88.1 Å². The van der Waals surface area contributed by atoms with Gasteiger partial charge in [-0.15, -0.1) is 0 Å². The van der Waals surface area contributed by atoms with E-state index in [1.54, 1.807) is 12.1 Å². The number of aromatic nitrogens is 2. The smallest absolute Gasteiger partial charge is 0.136 e. The Labute approximate surface area is 356 Å². The fourth-order valence-electron chi connectivity index (χ4n) is 8.27. The quantitative estimate of drug-likeness (QED) is 0.166. The molecule has 0 aliphatic carbocycles. The number of phenols is 2. The van der Waals surface area contributed by atoms with Gasteiger partial charge in [-0.05, 0) is 136 Å². The molecule has 0 spiro atoms. The van der Waals surface area contributed by atoms with E-state index in [0.717, 1.165) is 33.0 Å². The van der Waals surface area contributed by atoms with Gasteiger partial charge in [0.15, 0.2) is 0 Å². The van der Waals surface area contributed by atoms with Crippen LogP contribution in [-0.4, -0.2) is 20.2 Å². The Hall–Kier alpha value is -5.51. The van der Waals surface area contributed by atoms with E-state index in [1.165, 1.54) is 33.4 Å². The Morgan fingerprint density at radius 3 is 1.79 bits per heavy atom. The molecule has 0 aliphatic heterocycles. The van der Waals surface area contributed by atoms with Crippen LogP contribution < -0.4 is 0 Å². The summed E-state index contributed by atoms with van der Waals surface area (Å²) in [5.41, 5.74) is 15.8. The standard InChI is InChI=1S/C52H50N2O3.Pt/c1-29(2)36-15-12-16-37(30(3)4)51(36)34-25-44(41-28-49-39(27-47(41)56)38-14-10-11-19-48(38)57-49)54-45(26-34)43-18-13-17-42(53-43)40-24-33(20-21-46(40)55)50-31(5)22-35(23-32(50)6)52(7,8)9;/h10-30,55-56H,1-9H3;. The van der Waals surface area contributed by atoms with E-state index < -0.39 is 0 Å². The fraction of sp³-hybridized carbons (Fsp3) is 0.231. The first-order valence-corrected chi connectivity index (χ1v) is 19.9. The molecular formula is C52H50N2O3Pt. The van der Waals surface area contributed by atoms with Crippen molar-refractivity contribution in [3.8, 4) is 67.7 Å². The maximum atomic E-state index is 11.7. The second-order valence-electron chi connectivity index (χ2n) is 17.1. The zero-order valence-corrected chi connectivity index (χ0v) is 36.9. The number of rotatable bonds is 7. The summed E-state index contributed by atoms with van der Waals surface area (Å²) in [6, 6.07) is 38.5. The Morgan fingerprint density at radius 2 is 1.12 bits per heavy atom. The van der Waals surface area contributed by atoms with Crippen molar-refractivity contribution in [2.45, 2.75) is 79.6 Å². The topological polar surface area (TPSA) is 79.4 Å². The predicted molar refractivity (Wildman–Crippen MR) is 236 cm³/mol. The van der Waals surface area contributed by atoms with E-state index in [4.69, 9.17) is 14.4 Å². The zero-order chi connectivity index (χ0) is 40.3. The van der Waals surface area contributed by atoms with Crippen LogP contribution in [0.3, 0.4) is 0 Å². The van der Waals surface area contributed by atoms with Crippen LogP contribution in [0, 0.1) is 13.8 Å². The van der Waals surface area contributed by atoms with Crippen molar-refractivity contribution in [1.82, 2.24) is 9.97 Å². The first-order chi connectivity index (χ1) is 27.2. The number of nitrogens with zero attached hydrogens (tertiary/aromatic N) is 2. The van der Waals surface area contributed by atoms with Crippen LogP contribution in [0.5, 0.6) is 11.5 Å². The summed E-state index contributed by atoms with van der Waals surface area (Å²) in [6.45, 7) is 19.9. The van der Waals surface area contributed by atoms with Crippen molar-refractivity contribution in [2.24, 2.45) is 0 Å². The van der Waals surface area contributed by atoms with Gasteiger partial charge in [0, 0.05) is 43.0 Å². The number of hydrogen-bond donors (Lipinski definition) is 2. The number of hydrogen-bond acceptors (Lipinski definition) is 5. The number of fused-ring (bicyclic) bond motifs is 3. The molecule has 0 bridgehead atoms. The molecule has 58 heavy (non-hydrogen) atoms. The van der Waals surface area contributed by atoms with Gasteiger partial charge < -0.3 is 14.6 Å². The van der Waals surface area contributed by atoms with Gasteiger partial charge in [0.25, 0.3) is 0 Å². The molecule has 6 heteroatoms. The molecule has 0 radical (unpaired) electrons. The van der Waals surface area contributed by atoms with Gasteiger partial charge in [0.05, 0.1) is 22.8 Å². The second-order valence-corrected chi connectivity index (χ2v) is 17.1. The van der Waals surface area contributed by atoms with Gasteiger partial charge in [-0.2, -0.15) is 0 Å². The molecule has 0 fully saturated rings. The predicted octanol–water partition coefficient (Wildman–Crippen LogP) is 14.3. The summed E-state index contributed by atoms with van der Waals surface area (Å²) >= 11 is 0. The molecule has 0 atom stereocenters. The molecule has 8 aromatic rings. The molecule has 0 saturated heterocycles. The number of phenolic OH excluding ortho intramolecular Hbond substituents is 2. The Balaban J connectivity index is 0.00000512. The van der Waals surface area contributed by atoms with E-state index in [1.807, 2.05) is 60.7 Å². The minimum absolute atomic E-state index is 0. The minimum Gasteiger partial charge on any atom is -0.507 e. The maximum Gasteiger partial charge on any atom is 0.136 e. The van der Waals surface area contributed by atoms with E-state index in [0.29, 0.717) is 39.5 Å². The number of para-hydroxylation sites is 1. The summed E-state index contributed by atoms with van der Waals surface area (Å²) in [5, 5.41) is 24.8. The number of aryl methyl sites for hydroxylation is 2. The van der Waals surface area contributed by atoms with Gasteiger partial charge in [0.1, 0.15) is 22.7 Å². The summed E-state index contributed by atoms with van der Waals surface area (Å²) < 4.78 is 6.28. The first kappa shape index (κ1) is 40.7. The van der Waals surface area contributed by atoms with Crippen molar-refractivity contribution < 1.29 is 35.7 Å². The summed E-state index contributed by atoms with van der Waals surface area (Å²) in [7, 11) is 0.